The Morgan fingerprint density at radius 3 is 2.71 bits per heavy atom. The van der Waals surface area contributed by atoms with Crippen molar-refractivity contribution in [1.82, 2.24) is 19.4 Å². The Kier molecular flexibility index (Phi) is 4.81. The lowest BCUT2D eigenvalue weighted by atomic mass is 9.83. The Morgan fingerprint density at radius 2 is 1.89 bits per heavy atom. The van der Waals surface area contributed by atoms with Gasteiger partial charge in [0.25, 0.3) is 5.56 Å². The van der Waals surface area contributed by atoms with Crippen molar-refractivity contribution in [1.29, 1.82) is 0 Å². The minimum atomic E-state index is 0.261. The van der Waals surface area contributed by atoms with Gasteiger partial charge in [0.05, 0.1) is 0 Å². The van der Waals surface area contributed by atoms with Crippen LogP contribution in [0.5, 0.6) is 0 Å². The highest BCUT2D eigenvalue weighted by Crippen LogP contribution is 2.35. The summed E-state index contributed by atoms with van der Waals surface area (Å²) in [4.78, 5) is 22.5. The maximum atomic E-state index is 13.2. The first kappa shape index (κ1) is 18.1. The fourth-order valence-electron chi connectivity index (χ4n) is 5.48. The van der Waals surface area contributed by atoms with Gasteiger partial charge in [-0.1, -0.05) is 6.07 Å². The lowest BCUT2D eigenvalue weighted by molar-refractivity contribution is 0.114. The average Bonchev–Trinajstić information content (AvgIpc) is 3.18. The quantitative estimate of drug-likeness (QED) is 0.820. The fourth-order valence-corrected chi connectivity index (χ4v) is 5.48. The SMILES string of the molecule is Cc1cc(CN2C[C@@H]3C[C@H](C2)c2ccc(CN4CCCC4)c(=O)n2C3)ccn1. The van der Waals surface area contributed by atoms with Crippen molar-refractivity contribution in [3.63, 3.8) is 0 Å². The number of rotatable bonds is 4. The molecule has 0 saturated carbocycles. The van der Waals surface area contributed by atoms with Gasteiger partial charge in [-0.15, -0.1) is 0 Å². The van der Waals surface area contributed by atoms with Crippen LogP contribution in [0.15, 0.2) is 35.3 Å². The minimum absolute atomic E-state index is 0.261. The summed E-state index contributed by atoms with van der Waals surface area (Å²) < 4.78 is 2.11. The molecule has 5 heterocycles. The van der Waals surface area contributed by atoms with E-state index in [1.807, 2.05) is 6.20 Å². The van der Waals surface area contributed by atoms with Crippen molar-refractivity contribution in [3.05, 3.63) is 63.3 Å². The van der Waals surface area contributed by atoms with Crippen LogP contribution in [-0.4, -0.2) is 45.5 Å². The van der Waals surface area contributed by atoms with Crippen LogP contribution in [-0.2, 0) is 19.6 Å². The molecule has 2 fully saturated rings. The Bertz CT molecular complexity index is 915. The number of nitrogens with zero attached hydrogens (tertiary/aromatic N) is 4. The number of fused-ring (bicyclic) bond motifs is 4. The van der Waals surface area contributed by atoms with Gasteiger partial charge in [0.15, 0.2) is 0 Å². The van der Waals surface area contributed by atoms with Gasteiger partial charge in [-0.3, -0.25) is 19.6 Å². The zero-order valence-corrected chi connectivity index (χ0v) is 16.8. The molecule has 0 N–H and O–H groups in total. The number of hydrogen-bond acceptors (Lipinski definition) is 4. The molecule has 2 bridgehead atoms. The molecule has 5 nitrogen and oxygen atoms in total. The van der Waals surface area contributed by atoms with Crippen LogP contribution in [0.1, 0.15) is 47.7 Å². The molecule has 5 heteroatoms. The molecule has 0 spiro atoms. The molecule has 2 aromatic heterocycles. The van der Waals surface area contributed by atoms with E-state index in [-0.39, 0.29) is 5.56 Å². The smallest absolute Gasteiger partial charge is 0.255 e. The molecule has 2 saturated heterocycles. The van der Waals surface area contributed by atoms with Gasteiger partial charge in [0, 0.05) is 61.8 Å². The molecule has 2 atom stereocenters. The van der Waals surface area contributed by atoms with Crippen LogP contribution in [0.2, 0.25) is 0 Å². The van der Waals surface area contributed by atoms with Crippen LogP contribution in [0.25, 0.3) is 0 Å². The highest BCUT2D eigenvalue weighted by Gasteiger charge is 2.35. The number of pyridine rings is 2. The van der Waals surface area contributed by atoms with Gasteiger partial charge in [0.2, 0.25) is 0 Å². The Balaban J connectivity index is 1.35. The number of aryl methyl sites for hydroxylation is 1. The minimum Gasteiger partial charge on any atom is -0.312 e. The van der Waals surface area contributed by atoms with E-state index in [2.05, 4.69) is 50.5 Å². The zero-order valence-electron chi connectivity index (χ0n) is 16.8. The average molecular weight is 379 g/mol. The summed E-state index contributed by atoms with van der Waals surface area (Å²) in [6.45, 7) is 9.13. The molecule has 0 amide bonds. The monoisotopic (exact) mass is 378 g/mol. The molecule has 28 heavy (non-hydrogen) atoms. The molecule has 0 unspecified atom stereocenters. The van der Waals surface area contributed by atoms with Gasteiger partial charge in [-0.05, 0) is 69.0 Å². The predicted octanol–water partition coefficient (Wildman–Crippen LogP) is 2.77. The van der Waals surface area contributed by atoms with Crippen LogP contribution in [0.4, 0.5) is 0 Å². The van der Waals surface area contributed by atoms with E-state index in [0.29, 0.717) is 11.8 Å². The van der Waals surface area contributed by atoms with Crippen molar-refractivity contribution < 1.29 is 0 Å². The first-order valence-electron chi connectivity index (χ1n) is 10.7. The van der Waals surface area contributed by atoms with Crippen molar-refractivity contribution in [2.75, 3.05) is 26.2 Å². The highest BCUT2D eigenvalue weighted by atomic mass is 16.1. The number of piperidine rings is 1. The summed E-state index contributed by atoms with van der Waals surface area (Å²) in [5.74, 6) is 1.05. The third kappa shape index (κ3) is 3.53. The largest absolute Gasteiger partial charge is 0.312 e. The van der Waals surface area contributed by atoms with E-state index in [0.717, 1.165) is 57.1 Å². The fraction of sp³-hybridized carbons (Fsp3) is 0.565. The number of aromatic nitrogens is 2. The number of likely N-dealkylation sites (tertiary alicyclic amines) is 2. The van der Waals surface area contributed by atoms with Gasteiger partial charge < -0.3 is 4.57 Å². The van der Waals surface area contributed by atoms with E-state index in [4.69, 9.17) is 0 Å². The second kappa shape index (κ2) is 7.45. The maximum absolute atomic E-state index is 13.2. The van der Waals surface area contributed by atoms with Crippen LogP contribution in [0, 0.1) is 12.8 Å². The third-order valence-corrected chi connectivity index (χ3v) is 6.72. The lowest BCUT2D eigenvalue weighted by Crippen LogP contribution is -2.47. The van der Waals surface area contributed by atoms with E-state index < -0.39 is 0 Å². The van der Waals surface area contributed by atoms with Crippen molar-refractivity contribution in [2.24, 2.45) is 5.92 Å². The molecule has 5 rings (SSSR count). The molecular weight excluding hydrogens is 348 g/mol. The maximum Gasteiger partial charge on any atom is 0.255 e. The summed E-state index contributed by atoms with van der Waals surface area (Å²) in [5, 5.41) is 0. The van der Waals surface area contributed by atoms with Gasteiger partial charge >= 0.3 is 0 Å². The molecule has 0 aliphatic carbocycles. The molecule has 0 radical (unpaired) electrons. The van der Waals surface area contributed by atoms with E-state index in [1.165, 1.54) is 30.5 Å². The Hall–Kier alpha value is -1.98. The Labute approximate surface area is 167 Å². The Morgan fingerprint density at radius 1 is 1.04 bits per heavy atom. The van der Waals surface area contributed by atoms with Crippen LogP contribution in [0.3, 0.4) is 0 Å². The molecular formula is C23H30N4O. The number of hydrogen-bond donors (Lipinski definition) is 0. The van der Waals surface area contributed by atoms with Crippen LogP contribution < -0.4 is 5.56 Å². The van der Waals surface area contributed by atoms with Gasteiger partial charge in [0.1, 0.15) is 0 Å². The summed E-state index contributed by atoms with van der Waals surface area (Å²) in [6.07, 6.45) is 5.66. The van der Waals surface area contributed by atoms with Crippen molar-refractivity contribution in [3.8, 4) is 0 Å². The molecule has 148 valence electrons. The van der Waals surface area contributed by atoms with Crippen molar-refractivity contribution >= 4 is 0 Å². The second-order valence-corrected chi connectivity index (χ2v) is 8.98. The molecule has 3 aliphatic heterocycles. The van der Waals surface area contributed by atoms with E-state index in [9.17, 15) is 4.79 Å². The molecule has 0 aromatic carbocycles. The third-order valence-electron chi connectivity index (χ3n) is 6.72. The summed E-state index contributed by atoms with van der Waals surface area (Å²) in [7, 11) is 0. The topological polar surface area (TPSA) is 41.4 Å². The van der Waals surface area contributed by atoms with Crippen molar-refractivity contribution in [2.45, 2.75) is 51.7 Å². The molecule has 3 aliphatic rings. The standard InChI is InChI=1S/C23H30N4O/c1-17-10-18(6-7-24-17)12-26-13-19-11-21(16-26)22-5-4-20(23(28)27(22)14-19)15-25-8-2-3-9-25/h4-7,10,19,21H,2-3,8-9,11-16H2,1H3/t19-,21+/m0/s1. The normalized spacial score (nSPS) is 25.0. The summed E-state index contributed by atoms with van der Waals surface area (Å²) in [6, 6.07) is 8.67. The summed E-state index contributed by atoms with van der Waals surface area (Å²) >= 11 is 0. The van der Waals surface area contributed by atoms with Gasteiger partial charge in [-0.25, -0.2) is 0 Å². The first-order chi connectivity index (χ1) is 13.7. The first-order valence-corrected chi connectivity index (χ1v) is 10.7. The van der Waals surface area contributed by atoms with E-state index >= 15 is 0 Å². The lowest BCUT2D eigenvalue weighted by Gasteiger charge is -2.43. The summed E-state index contributed by atoms with van der Waals surface area (Å²) in [5.41, 5.74) is 4.91. The zero-order chi connectivity index (χ0) is 19.1. The highest BCUT2D eigenvalue weighted by molar-refractivity contribution is 5.23. The molecule has 2 aromatic rings. The second-order valence-electron chi connectivity index (χ2n) is 8.98. The predicted molar refractivity (Wildman–Crippen MR) is 110 cm³/mol. The van der Waals surface area contributed by atoms with Gasteiger partial charge in [-0.2, -0.15) is 0 Å². The van der Waals surface area contributed by atoms with Crippen LogP contribution >= 0.6 is 0 Å². The van der Waals surface area contributed by atoms with E-state index in [1.54, 1.807) is 0 Å².